The topological polar surface area (TPSA) is 92.9 Å². The Kier molecular flexibility index (Phi) is 6.30. The van der Waals surface area contributed by atoms with Gasteiger partial charge < -0.3 is 19.8 Å². The predicted molar refractivity (Wildman–Crippen MR) is 111 cm³/mol. The first kappa shape index (κ1) is 20.7. The average Bonchev–Trinajstić information content (AvgIpc) is 3.10. The smallest absolute Gasteiger partial charge is 0.191 e. The van der Waals surface area contributed by atoms with Gasteiger partial charge in [-0.2, -0.15) is 0 Å². The Morgan fingerprint density at radius 2 is 2.00 bits per heavy atom. The Morgan fingerprint density at radius 3 is 2.64 bits per heavy atom. The van der Waals surface area contributed by atoms with Gasteiger partial charge in [-0.3, -0.25) is 4.99 Å². The number of ether oxygens (including phenoxy) is 1. The van der Waals surface area contributed by atoms with Gasteiger partial charge in [0.2, 0.25) is 0 Å². The highest BCUT2D eigenvalue weighted by molar-refractivity contribution is 7.92. The molecule has 2 heterocycles. The monoisotopic (exact) mass is 407 g/mol. The molecule has 0 aliphatic carbocycles. The van der Waals surface area contributed by atoms with Gasteiger partial charge in [-0.25, -0.2) is 8.42 Å². The predicted octanol–water partition coefficient (Wildman–Crippen LogP) is 2.64. The van der Waals surface area contributed by atoms with Crippen LogP contribution in [0.3, 0.4) is 0 Å². The molecule has 0 radical (unpaired) electrons. The zero-order chi connectivity index (χ0) is 20.2. The second-order valence-electron chi connectivity index (χ2n) is 7.32. The summed E-state index contributed by atoms with van der Waals surface area (Å²) < 4.78 is 35.3. The van der Waals surface area contributed by atoms with Crippen LogP contribution in [0.1, 0.15) is 38.5 Å². The minimum absolute atomic E-state index is 0.117. The molecule has 8 heteroatoms. The van der Waals surface area contributed by atoms with Gasteiger partial charge in [0, 0.05) is 31.4 Å². The fourth-order valence-electron chi connectivity index (χ4n) is 3.42. The summed E-state index contributed by atoms with van der Waals surface area (Å²) in [5.41, 5.74) is 0.839. The lowest BCUT2D eigenvalue weighted by Crippen LogP contribution is -2.47. The molecule has 1 aliphatic heterocycles. The van der Waals surface area contributed by atoms with Crippen molar-refractivity contribution in [2.24, 2.45) is 4.99 Å². The van der Waals surface area contributed by atoms with E-state index in [4.69, 9.17) is 9.15 Å². The third-order valence-corrected chi connectivity index (χ3v) is 7.40. The molecule has 0 amide bonds. The average molecular weight is 408 g/mol. The van der Waals surface area contributed by atoms with E-state index >= 15 is 0 Å². The molecule has 1 aromatic carbocycles. The molecular formula is C20H29N3O4S. The maximum atomic E-state index is 12.4. The van der Waals surface area contributed by atoms with Crippen molar-refractivity contribution < 1.29 is 17.6 Å². The molecule has 1 saturated heterocycles. The van der Waals surface area contributed by atoms with E-state index < -0.39 is 14.6 Å². The van der Waals surface area contributed by atoms with Crippen LogP contribution in [-0.2, 0) is 14.6 Å². The highest BCUT2D eigenvalue weighted by Gasteiger charge is 2.42. The molecule has 1 unspecified atom stereocenters. The van der Waals surface area contributed by atoms with Crippen molar-refractivity contribution in [3.63, 3.8) is 0 Å². The van der Waals surface area contributed by atoms with Crippen molar-refractivity contribution in [3.05, 3.63) is 36.1 Å². The van der Waals surface area contributed by atoms with Gasteiger partial charge in [-0.15, -0.1) is 0 Å². The summed E-state index contributed by atoms with van der Waals surface area (Å²) in [4.78, 5) is 4.61. The van der Waals surface area contributed by atoms with E-state index in [-0.39, 0.29) is 12.6 Å². The van der Waals surface area contributed by atoms with Crippen LogP contribution in [0.25, 0.3) is 11.0 Å². The number of aliphatic imine (C=N–C) groups is 1. The molecule has 1 fully saturated rings. The molecule has 7 nitrogen and oxygen atoms in total. The summed E-state index contributed by atoms with van der Waals surface area (Å²) in [6.45, 7) is 5.74. The van der Waals surface area contributed by atoms with E-state index in [1.54, 1.807) is 0 Å². The molecule has 1 aromatic heterocycles. The zero-order valence-electron chi connectivity index (χ0n) is 16.7. The largest absolute Gasteiger partial charge is 0.459 e. The van der Waals surface area contributed by atoms with Gasteiger partial charge in [0.1, 0.15) is 11.3 Å². The summed E-state index contributed by atoms with van der Waals surface area (Å²) in [7, 11) is -3.26. The number of guanidine groups is 1. The lowest BCUT2D eigenvalue weighted by atomic mass is 9.99. The first-order valence-electron chi connectivity index (χ1n) is 9.65. The van der Waals surface area contributed by atoms with Crippen LogP contribution in [0.5, 0.6) is 0 Å². The van der Waals surface area contributed by atoms with E-state index in [9.17, 15) is 8.42 Å². The molecule has 2 N–H and O–H groups in total. The number of nitrogens with one attached hydrogen (secondary N) is 2. The van der Waals surface area contributed by atoms with E-state index in [2.05, 4.69) is 15.6 Å². The van der Waals surface area contributed by atoms with Crippen molar-refractivity contribution in [2.45, 2.75) is 37.5 Å². The highest BCUT2D eigenvalue weighted by atomic mass is 32.2. The second kappa shape index (κ2) is 8.53. The maximum absolute atomic E-state index is 12.4. The van der Waals surface area contributed by atoms with Crippen LogP contribution in [-0.4, -0.2) is 51.7 Å². The van der Waals surface area contributed by atoms with Gasteiger partial charge in [-0.1, -0.05) is 18.2 Å². The third kappa shape index (κ3) is 4.50. The van der Waals surface area contributed by atoms with Gasteiger partial charge in [0.15, 0.2) is 15.8 Å². The lowest BCUT2D eigenvalue weighted by Gasteiger charge is -2.34. The summed E-state index contributed by atoms with van der Waals surface area (Å²) in [5, 5.41) is 7.57. The summed E-state index contributed by atoms with van der Waals surface area (Å²) in [5.74, 6) is 1.38. The van der Waals surface area contributed by atoms with Crippen molar-refractivity contribution in [1.82, 2.24) is 10.6 Å². The van der Waals surface area contributed by atoms with E-state index in [1.807, 2.05) is 44.2 Å². The minimum atomic E-state index is -3.26. The first-order chi connectivity index (χ1) is 13.3. The normalized spacial score (nSPS) is 18.8. The van der Waals surface area contributed by atoms with Crippen LogP contribution in [0.4, 0.5) is 0 Å². The molecule has 0 bridgehead atoms. The molecular weight excluding hydrogens is 378 g/mol. The van der Waals surface area contributed by atoms with Crippen LogP contribution in [0, 0.1) is 0 Å². The Hall–Kier alpha value is -2.06. The number of hydrogen-bond donors (Lipinski definition) is 2. The van der Waals surface area contributed by atoms with Crippen molar-refractivity contribution in [1.29, 1.82) is 0 Å². The number of rotatable bonds is 6. The number of para-hydroxylation sites is 1. The minimum Gasteiger partial charge on any atom is -0.459 e. The fraction of sp³-hybridized carbons (Fsp3) is 0.550. The van der Waals surface area contributed by atoms with Gasteiger partial charge in [0.05, 0.1) is 17.3 Å². The third-order valence-electron chi connectivity index (χ3n) is 5.28. The first-order valence-corrected chi connectivity index (χ1v) is 11.5. The van der Waals surface area contributed by atoms with Crippen LogP contribution >= 0.6 is 0 Å². The van der Waals surface area contributed by atoms with E-state index in [0.29, 0.717) is 38.6 Å². The van der Waals surface area contributed by atoms with Gasteiger partial charge in [0.25, 0.3) is 0 Å². The maximum Gasteiger partial charge on any atom is 0.191 e. The molecule has 154 valence electrons. The summed E-state index contributed by atoms with van der Waals surface area (Å²) >= 11 is 0. The molecule has 1 atom stereocenters. The number of hydrogen-bond acceptors (Lipinski definition) is 5. The number of nitrogens with zero attached hydrogens (tertiary/aromatic N) is 1. The molecule has 0 spiro atoms. The number of fused-ring (bicyclic) bond motifs is 1. The van der Waals surface area contributed by atoms with Gasteiger partial charge in [-0.05, 0) is 38.8 Å². The van der Waals surface area contributed by atoms with Gasteiger partial charge >= 0.3 is 0 Å². The van der Waals surface area contributed by atoms with Crippen LogP contribution in [0.2, 0.25) is 0 Å². The van der Waals surface area contributed by atoms with Crippen molar-refractivity contribution >= 4 is 26.8 Å². The van der Waals surface area contributed by atoms with Crippen molar-refractivity contribution in [2.75, 3.05) is 32.6 Å². The number of furan rings is 1. The van der Waals surface area contributed by atoms with Crippen LogP contribution in [0.15, 0.2) is 39.7 Å². The summed E-state index contributed by atoms with van der Waals surface area (Å²) in [6, 6.07) is 9.75. The molecule has 2 aromatic rings. The molecule has 3 rings (SSSR count). The second-order valence-corrected chi connectivity index (χ2v) is 9.73. The van der Waals surface area contributed by atoms with E-state index in [1.165, 1.54) is 6.26 Å². The highest BCUT2D eigenvalue weighted by Crippen LogP contribution is 2.30. The number of sulfone groups is 1. The Bertz CT molecular complexity index is 897. The number of benzene rings is 1. The Balaban J connectivity index is 1.77. The molecule has 1 aliphatic rings. The Labute approximate surface area is 166 Å². The standard InChI is InChI=1S/C20H29N3O4S/c1-4-21-19(22-14-20(28(3,24)25)9-11-26-12-10-20)23-15(2)18-13-16-7-5-6-8-17(16)27-18/h5-8,13,15H,4,9-12,14H2,1-3H3,(H2,21,22,23). The zero-order valence-corrected chi connectivity index (χ0v) is 17.5. The molecule has 0 saturated carbocycles. The van der Waals surface area contributed by atoms with Crippen molar-refractivity contribution in [3.8, 4) is 0 Å². The fourth-order valence-corrected chi connectivity index (χ4v) is 4.63. The van der Waals surface area contributed by atoms with E-state index in [0.717, 1.165) is 16.7 Å². The SMILES string of the molecule is CCNC(=NCC1(S(C)(=O)=O)CCOCC1)NC(C)c1cc2ccccc2o1. The summed E-state index contributed by atoms with van der Waals surface area (Å²) in [6.07, 6.45) is 2.23. The Morgan fingerprint density at radius 1 is 1.29 bits per heavy atom. The lowest BCUT2D eigenvalue weighted by molar-refractivity contribution is 0.0768. The quantitative estimate of drug-likeness (QED) is 0.565. The van der Waals surface area contributed by atoms with Crippen LogP contribution < -0.4 is 10.6 Å². The molecule has 28 heavy (non-hydrogen) atoms.